The molecule has 0 aliphatic heterocycles. The zero-order chi connectivity index (χ0) is 43.8. The van der Waals surface area contributed by atoms with Crippen molar-refractivity contribution < 1.29 is 62.7 Å². The first-order valence-corrected chi connectivity index (χ1v) is 21.8. The maximum atomic E-state index is 12.4. The van der Waals surface area contributed by atoms with Gasteiger partial charge >= 0.3 is 11.9 Å². The van der Waals surface area contributed by atoms with Gasteiger partial charge in [-0.1, -0.05) is 89.9 Å². The smallest absolute Gasteiger partial charge is 0.306 e. The summed E-state index contributed by atoms with van der Waals surface area (Å²) < 4.78 is 21.2. The highest BCUT2D eigenvalue weighted by atomic mass is 16.5. The number of Topliss-reactive ketones (excluding diaryl/α,β-unsaturated/α-hetero) is 2. The number of carbonyl (C=O) groups excluding carboxylic acids is 5. The van der Waals surface area contributed by atoms with Crippen molar-refractivity contribution >= 4 is 41.2 Å². The van der Waals surface area contributed by atoms with E-state index in [-0.39, 0.29) is 122 Å². The minimum Gasteiger partial charge on any atom is -0.481 e. The first-order chi connectivity index (χ1) is 28.5. The van der Waals surface area contributed by atoms with E-state index in [4.69, 9.17) is 29.8 Å². The second kappa shape index (κ2) is 39.9. The van der Waals surface area contributed by atoms with Crippen molar-refractivity contribution in [3.63, 3.8) is 0 Å². The van der Waals surface area contributed by atoms with E-state index in [1.807, 2.05) is 0 Å². The van der Waals surface area contributed by atoms with Gasteiger partial charge in [-0.2, -0.15) is 0 Å². The summed E-state index contributed by atoms with van der Waals surface area (Å²) in [4.78, 5) is 81.8. The van der Waals surface area contributed by atoms with E-state index < -0.39 is 29.8 Å². The molecule has 0 aliphatic rings. The molecule has 17 heteroatoms. The Kier molecular flexibility index (Phi) is 37.5. The Morgan fingerprint density at radius 1 is 0.525 bits per heavy atom. The van der Waals surface area contributed by atoms with E-state index in [9.17, 15) is 38.7 Å². The molecule has 0 spiro atoms. The molecule has 0 unspecified atom stereocenters. The molecule has 0 bridgehead atoms. The fourth-order valence-corrected chi connectivity index (χ4v) is 6.04. The zero-order valence-electron chi connectivity index (χ0n) is 35.7. The molecule has 0 saturated carbocycles. The molecule has 0 aromatic rings. The van der Waals surface area contributed by atoms with Crippen LogP contribution in [0.15, 0.2) is 0 Å². The summed E-state index contributed by atoms with van der Waals surface area (Å²) in [6.45, 7) is 2.69. The van der Waals surface area contributed by atoms with Crippen LogP contribution in [0.3, 0.4) is 0 Å². The number of nitrogens with two attached hydrogens (primary N) is 1. The topological polar surface area (TPSA) is 259 Å². The molecule has 7 N–H and O–H groups in total. The first-order valence-electron chi connectivity index (χ1n) is 21.8. The monoisotopic (exact) mass is 845 g/mol. The fourth-order valence-electron chi connectivity index (χ4n) is 6.04. The number of nitrogens with one attached hydrogen (secondary N) is 3. The number of carboxylic acid groups (broad SMARTS) is 2. The number of carbonyl (C=O) groups is 7. The molecule has 17 nitrogen and oxygen atoms in total. The second-order valence-electron chi connectivity index (χ2n) is 14.9. The number of unbranched alkanes of at least 4 members (excludes halogenated alkanes) is 15. The van der Waals surface area contributed by atoms with Crippen molar-refractivity contribution in [2.75, 3.05) is 72.5 Å². The number of ether oxygens (including phenoxy) is 4. The van der Waals surface area contributed by atoms with Gasteiger partial charge in [0.2, 0.25) is 17.7 Å². The van der Waals surface area contributed by atoms with Crippen LogP contribution in [0.5, 0.6) is 0 Å². The minimum atomic E-state index is -1.07. The lowest BCUT2D eigenvalue weighted by atomic mass is 9.94. The van der Waals surface area contributed by atoms with Gasteiger partial charge in [0.1, 0.15) is 19.0 Å². The van der Waals surface area contributed by atoms with E-state index in [0.717, 1.165) is 44.9 Å². The lowest BCUT2D eigenvalue weighted by molar-refractivity contribution is -0.144. The Morgan fingerprint density at radius 3 is 1.41 bits per heavy atom. The van der Waals surface area contributed by atoms with Crippen molar-refractivity contribution in [2.45, 2.75) is 148 Å². The fraction of sp³-hybridized carbons (Fsp3) is 0.833. The Morgan fingerprint density at radius 2 is 0.949 bits per heavy atom. The second-order valence-corrected chi connectivity index (χ2v) is 14.9. The van der Waals surface area contributed by atoms with Crippen LogP contribution >= 0.6 is 0 Å². The van der Waals surface area contributed by atoms with Crippen molar-refractivity contribution in [2.24, 2.45) is 11.7 Å². The number of aliphatic carboxylic acids is 2. The Balaban J connectivity index is 3.66. The summed E-state index contributed by atoms with van der Waals surface area (Å²) in [6, 6.07) is -0.672. The SMILES string of the molecule is C[C@H](NC(=O)COCCOCCNC(=O)COCCOCCNC(=O)CC[C@H](CC(=O)CCCCCCCCCCCCCCCCCCC(=O)O)C(=O)O)C(=O)CN. The van der Waals surface area contributed by atoms with E-state index in [1.54, 1.807) is 6.92 Å². The third-order valence-corrected chi connectivity index (χ3v) is 9.55. The van der Waals surface area contributed by atoms with Gasteiger partial charge in [-0.25, -0.2) is 0 Å². The largest absolute Gasteiger partial charge is 0.481 e. The standard InChI is InChI=1S/C42H76N4O13/c1-34(37(48)31-43)46-40(51)33-59-29-27-57-25-23-45-39(50)32-58-28-26-56-24-22-44-38(49)21-20-35(42(54)55)30-36(47)18-16-14-12-10-8-6-4-2-3-5-7-9-11-13-15-17-19-41(52)53/h34-35H,2-33,43H2,1H3,(H,44,49)(H,45,50)(H,46,51)(H,52,53)(H,54,55)/t34-,35+/m0/s1. The number of ketones is 2. The molecule has 3 amide bonds. The third-order valence-electron chi connectivity index (χ3n) is 9.55. The van der Waals surface area contributed by atoms with Crippen LogP contribution in [-0.4, -0.2) is 130 Å². The van der Waals surface area contributed by atoms with Gasteiger partial charge in [0.05, 0.1) is 58.1 Å². The van der Waals surface area contributed by atoms with E-state index in [0.29, 0.717) is 6.42 Å². The van der Waals surface area contributed by atoms with Crippen LogP contribution in [0.25, 0.3) is 0 Å². The molecule has 59 heavy (non-hydrogen) atoms. The van der Waals surface area contributed by atoms with Gasteiger partial charge in [0.25, 0.3) is 0 Å². The molecule has 0 aromatic carbocycles. The molecule has 0 aliphatic carbocycles. The van der Waals surface area contributed by atoms with Crippen molar-refractivity contribution in [1.29, 1.82) is 0 Å². The summed E-state index contributed by atoms with van der Waals surface area (Å²) in [6.07, 6.45) is 18.7. The van der Waals surface area contributed by atoms with Crippen molar-refractivity contribution in [1.82, 2.24) is 16.0 Å². The molecule has 0 saturated heterocycles. The van der Waals surface area contributed by atoms with Crippen LogP contribution in [0.4, 0.5) is 0 Å². The normalized spacial score (nSPS) is 12.1. The van der Waals surface area contributed by atoms with Gasteiger partial charge in [0, 0.05) is 38.8 Å². The summed E-state index contributed by atoms with van der Waals surface area (Å²) in [5.41, 5.74) is 5.25. The molecule has 2 atom stereocenters. The van der Waals surface area contributed by atoms with Crippen molar-refractivity contribution in [3.05, 3.63) is 0 Å². The predicted octanol–water partition coefficient (Wildman–Crippen LogP) is 3.86. The highest BCUT2D eigenvalue weighted by molar-refractivity contribution is 5.90. The number of rotatable bonds is 44. The molecule has 0 heterocycles. The predicted molar refractivity (Wildman–Crippen MR) is 222 cm³/mol. The van der Waals surface area contributed by atoms with Gasteiger partial charge in [-0.05, 0) is 26.2 Å². The van der Waals surface area contributed by atoms with Gasteiger partial charge in [0.15, 0.2) is 5.78 Å². The molecule has 0 aromatic heterocycles. The van der Waals surface area contributed by atoms with E-state index in [2.05, 4.69) is 16.0 Å². The molecule has 0 radical (unpaired) electrons. The lowest BCUT2D eigenvalue weighted by Gasteiger charge is -2.12. The molecular weight excluding hydrogens is 768 g/mol. The Bertz CT molecular complexity index is 1160. The third kappa shape index (κ3) is 38.4. The molecule has 342 valence electrons. The minimum absolute atomic E-state index is 0.00297. The Hall–Kier alpha value is -3.51. The van der Waals surface area contributed by atoms with Gasteiger partial charge < -0.3 is 50.8 Å². The molecular formula is C42H76N4O13. The van der Waals surface area contributed by atoms with Crippen LogP contribution in [0.2, 0.25) is 0 Å². The number of hydrogen-bond donors (Lipinski definition) is 6. The van der Waals surface area contributed by atoms with Crippen LogP contribution in [0, 0.1) is 5.92 Å². The highest BCUT2D eigenvalue weighted by Gasteiger charge is 2.22. The molecule has 0 rings (SSSR count). The Labute approximate surface area is 351 Å². The first kappa shape index (κ1) is 55.5. The van der Waals surface area contributed by atoms with Crippen LogP contribution < -0.4 is 21.7 Å². The van der Waals surface area contributed by atoms with Gasteiger partial charge in [-0.3, -0.25) is 33.6 Å². The number of amides is 3. The number of carboxylic acids is 2. The highest BCUT2D eigenvalue weighted by Crippen LogP contribution is 2.17. The molecule has 0 fully saturated rings. The van der Waals surface area contributed by atoms with Crippen LogP contribution in [0.1, 0.15) is 142 Å². The van der Waals surface area contributed by atoms with Gasteiger partial charge in [-0.15, -0.1) is 0 Å². The summed E-state index contributed by atoms with van der Waals surface area (Å²) in [5, 5.41) is 26.0. The summed E-state index contributed by atoms with van der Waals surface area (Å²) in [7, 11) is 0. The van der Waals surface area contributed by atoms with Crippen molar-refractivity contribution in [3.8, 4) is 0 Å². The zero-order valence-corrected chi connectivity index (χ0v) is 35.7. The van der Waals surface area contributed by atoms with Crippen LogP contribution in [-0.2, 0) is 52.5 Å². The maximum absolute atomic E-state index is 12.4. The average molecular weight is 845 g/mol. The summed E-state index contributed by atoms with van der Waals surface area (Å²) >= 11 is 0. The van der Waals surface area contributed by atoms with E-state index >= 15 is 0 Å². The maximum Gasteiger partial charge on any atom is 0.306 e. The summed E-state index contributed by atoms with van der Waals surface area (Å²) in [5.74, 6) is -4.10. The quantitative estimate of drug-likeness (QED) is 0.0476. The van der Waals surface area contributed by atoms with E-state index in [1.165, 1.54) is 57.8 Å². The number of hydrogen-bond acceptors (Lipinski definition) is 12. The lowest BCUT2D eigenvalue weighted by Crippen LogP contribution is -2.42. The average Bonchev–Trinajstić information content (AvgIpc) is 3.20.